The largest absolute Gasteiger partial charge is 0.385 e. The van der Waals surface area contributed by atoms with E-state index in [0.29, 0.717) is 23.1 Å². The Morgan fingerprint density at radius 1 is 1.21 bits per heavy atom. The summed E-state index contributed by atoms with van der Waals surface area (Å²) in [4.78, 5) is 5.16. The standard InChI is InChI=1S/C39H44ClN7S/c1-5-29-9-8-10-35(34(29)25-45(4)32-16-17-32)43-21-6-7-22-46-24-28(23-44-46)11-19-36-26(2)38-33(30-12-14-31(40)15-13-30)18-20-37(42)47(27(3)41)39(38)48-36/h5,8-10,12-15,18,23,28,32,41-43H,1,6-7,16-17,20-22,24-25H2,2-4H3. The molecule has 1 atom stereocenters. The Morgan fingerprint density at radius 3 is 2.73 bits per heavy atom. The van der Waals surface area contributed by atoms with Crippen molar-refractivity contribution in [2.45, 2.75) is 58.5 Å². The quantitative estimate of drug-likeness (QED) is 0.0821. The van der Waals surface area contributed by atoms with Crippen LogP contribution >= 0.6 is 22.9 Å². The van der Waals surface area contributed by atoms with E-state index in [0.717, 1.165) is 77.2 Å². The van der Waals surface area contributed by atoms with Gasteiger partial charge >= 0.3 is 0 Å². The molecule has 3 aromatic rings. The first-order valence-electron chi connectivity index (χ1n) is 16.7. The van der Waals surface area contributed by atoms with Crippen LogP contribution in [0.25, 0.3) is 11.6 Å². The zero-order valence-electron chi connectivity index (χ0n) is 28.1. The van der Waals surface area contributed by atoms with E-state index in [1.54, 1.807) is 23.2 Å². The number of nitrogens with zero attached hydrogens (tertiary/aromatic N) is 4. The summed E-state index contributed by atoms with van der Waals surface area (Å²) in [6.45, 7) is 11.4. The number of nitrogens with one attached hydrogen (secondary N) is 3. The summed E-state index contributed by atoms with van der Waals surface area (Å²) < 4.78 is 0. The highest BCUT2D eigenvalue weighted by Crippen LogP contribution is 2.44. The third-order valence-corrected chi connectivity index (χ3v) is 10.7. The molecule has 1 saturated carbocycles. The number of thiophene rings is 1. The molecule has 3 N–H and O–H groups in total. The first-order chi connectivity index (χ1) is 23.2. The van der Waals surface area contributed by atoms with Gasteiger partial charge in [0, 0.05) is 54.6 Å². The van der Waals surface area contributed by atoms with Crippen molar-refractivity contribution in [2.75, 3.05) is 36.9 Å². The fourth-order valence-electron chi connectivity index (χ4n) is 6.41. The Kier molecular flexibility index (Phi) is 10.5. The van der Waals surface area contributed by atoms with E-state index in [9.17, 15) is 0 Å². The lowest BCUT2D eigenvalue weighted by Gasteiger charge is -2.21. The van der Waals surface area contributed by atoms with Crippen LogP contribution in [-0.2, 0) is 6.54 Å². The van der Waals surface area contributed by atoms with Gasteiger partial charge in [-0.1, -0.05) is 66.4 Å². The molecule has 0 bridgehead atoms. The molecule has 7 nitrogen and oxygen atoms in total. The average molecular weight is 678 g/mol. The fourth-order valence-corrected chi connectivity index (χ4v) is 7.80. The molecule has 0 spiro atoms. The first-order valence-corrected chi connectivity index (χ1v) is 17.9. The van der Waals surface area contributed by atoms with Gasteiger partial charge in [0.05, 0.1) is 17.3 Å². The van der Waals surface area contributed by atoms with Gasteiger partial charge in [0.25, 0.3) is 0 Å². The second-order valence-corrected chi connectivity index (χ2v) is 14.3. The van der Waals surface area contributed by atoms with E-state index in [-0.39, 0.29) is 5.92 Å². The average Bonchev–Trinajstić information content (AvgIpc) is 3.78. The van der Waals surface area contributed by atoms with Crippen LogP contribution in [0.4, 0.5) is 10.7 Å². The number of anilines is 2. The van der Waals surface area contributed by atoms with Gasteiger partial charge in [-0.2, -0.15) is 5.10 Å². The zero-order chi connectivity index (χ0) is 33.8. The van der Waals surface area contributed by atoms with Crippen molar-refractivity contribution in [2.24, 2.45) is 11.0 Å². The maximum atomic E-state index is 8.72. The van der Waals surface area contributed by atoms with Crippen molar-refractivity contribution in [3.8, 4) is 11.8 Å². The van der Waals surface area contributed by atoms with E-state index < -0.39 is 0 Å². The van der Waals surface area contributed by atoms with Crippen molar-refractivity contribution >= 4 is 63.2 Å². The predicted molar refractivity (Wildman–Crippen MR) is 205 cm³/mol. The van der Waals surface area contributed by atoms with Gasteiger partial charge < -0.3 is 5.32 Å². The molecule has 0 saturated heterocycles. The van der Waals surface area contributed by atoms with Gasteiger partial charge in [-0.25, -0.2) is 0 Å². The second kappa shape index (κ2) is 14.9. The molecular formula is C39H44ClN7S. The van der Waals surface area contributed by atoms with Crippen molar-refractivity contribution in [1.29, 1.82) is 10.8 Å². The molecule has 9 heteroatoms. The summed E-state index contributed by atoms with van der Waals surface area (Å²) in [6, 6.07) is 15.0. The number of amidine groups is 2. The lowest BCUT2D eigenvalue weighted by Crippen LogP contribution is -2.33. The molecule has 1 aromatic heterocycles. The van der Waals surface area contributed by atoms with E-state index in [1.807, 2.05) is 36.6 Å². The molecule has 2 aromatic carbocycles. The van der Waals surface area contributed by atoms with E-state index >= 15 is 0 Å². The SMILES string of the molecule is C=Cc1cccc(NCCCCN2CC(C#Cc3sc4c(c3C)C(c3ccc(Cl)cc3)=CCC(=N)N4C(C)=N)C=N2)c1CN(C)C1CC1. The smallest absolute Gasteiger partial charge is 0.111 e. The molecule has 1 unspecified atom stereocenters. The Bertz CT molecular complexity index is 1820. The van der Waals surface area contributed by atoms with Crippen molar-refractivity contribution in [3.63, 3.8) is 0 Å². The Hall–Kier alpha value is -4.16. The maximum absolute atomic E-state index is 8.72. The lowest BCUT2D eigenvalue weighted by atomic mass is 9.95. The lowest BCUT2D eigenvalue weighted by molar-refractivity contribution is 0.301. The molecule has 6 rings (SSSR count). The molecule has 48 heavy (non-hydrogen) atoms. The summed E-state index contributed by atoms with van der Waals surface area (Å²) in [5.41, 5.74) is 7.95. The topological polar surface area (TPSA) is 81.8 Å². The number of benzene rings is 2. The number of hydrogen-bond acceptors (Lipinski definition) is 7. The highest BCUT2D eigenvalue weighted by Gasteiger charge is 2.29. The van der Waals surface area contributed by atoms with Crippen LogP contribution in [-0.4, -0.2) is 60.5 Å². The Morgan fingerprint density at radius 2 is 2.00 bits per heavy atom. The number of fused-ring (bicyclic) bond motifs is 1. The van der Waals surface area contributed by atoms with E-state index in [1.165, 1.54) is 29.7 Å². The number of halogens is 1. The van der Waals surface area contributed by atoms with E-state index in [2.05, 4.69) is 77.0 Å². The first kappa shape index (κ1) is 33.7. The van der Waals surface area contributed by atoms with Crippen molar-refractivity contribution in [1.82, 2.24) is 9.91 Å². The third kappa shape index (κ3) is 7.60. The van der Waals surface area contributed by atoms with Gasteiger partial charge in [0.1, 0.15) is 16.7 Å². The fraction of sp³-hybridized carbons (Fsp3) is 0.359. The molecular weight excluding hydrogens is 634 g/mol. The van der Waals surface area contributed by atoms with Crippen LogP contribution in [0.5, 0.6) is 0 Å². The summed E-state index contributed by atoms with van der Waals surface area (Å²) in [7, 11) is 2.22. The monoisotopic (exact) mass is 677 g/mol. The summed E-state index contributed by atoms with van der Waals surface area (Å²) >= 11 is 7.76. The van der Waals surface area contributed by atoms with Crippen LogP contribution in [0, 0.1) is 35.5 Å². The van der Waals surface area contributed by atoms with Crippen LogP contribution in [0.15, 0.2) is 60.2 Å². The number of unbranched alkanes of at least 4 members (excludes halogenated alkanes) is 1. The van der Waals surface area contributed by atoms with Crippen LogP contribution < -0.4 is 10.2 Å². The molecule has 3 heterocycles. The number of rotatable bonds is 11. The van der Waals surface area contributed by atoms with Crippen LogP contribution in [0.1, 0.15) is 71.7 Å². The second-order valence-electron chi connectivity index (χ2n) is 12.8. The van der Waals surface area contributed by atoms with Gasteiger partial charge in [0.15, 0.2) is 0 Å². The van der Waals surface area contributed by atoms with Gasteiger partial charge in [-0.05, 0) is 92.6 Å². The minimum Gasteiger partial charge on any atom is -0.385 e. The maximum Gasteiger partial charge on any atom is 0.111 e. The molecule has 2 aliphatic heterocycles. The zero-order valence-corrected chi connectivity index (χ0v) is 29.6. The molecule has 248 valence electrons. The van der Waals surface area contributed by atoms with E-state index in [4.69, 9.17) is 22.4 Å². The Labute approximate surface area is 294 Å². The number of hydrogen-bond donors (Lipinski definition) is 3. The van der Waals surface area contributed by atoms with Crippen molar-refractivity contribution < 1.29 is 0 Å². The molecule has 0 amide bonds. The molecule has 1 fully saturated rings. The molecule has 0 radical (unpaired) electrons. The van der Waals surface area contributed by atoms with Crippen molar-refractivity contribution in [3.05, 3.63) is 92.8 Å². The Balaban J connectivity index is 1.07. The van der Waals surface area contributed by atoms with Gasteiger partial charge in [-0.15, -0.1) is 11.3 Å². The minimum absolute atomic E-state index is 0.0576. The summed E-state index contributed by atoms with van der Waals surface area (Å²) in [6.07, 6.45) is 11.2. The van der Waals surface area contributed by atoms with Crippen LogP contribution in [0.3, 0.4) is 0 Å². The van der Waals surface area contributed by atoms with Gasteiger partial charge in [-0.3, -0.25) is 25.6 Å². The molecule has 1 aliphatic carbocycles. The predicted octanol–water partition coefficient (Wildman–Crippen LogP) is 8.72. The number of hydrazone groups is 1. The van der Waals surface area contributed by atoms with Gasteiger partial charge in [0.2, 0.25) is 0 Å². The highest BCUT2D eigenvalue weighted by atomic mass is 35.5. The minimum atomic E-state index is 0.0576. The highest BCUT2D eigenvalue weighted by molar-refractivity contribution is 7.17. The molecule has 3 aliphatic rings. The summed E-state index contributed by atoms with van der Waals surface area (Å²) in [5.74, 6) is 7.69. The summed E-state index contributed by atoms with van der Waals surface area (Å²) in [5, 5.41) is 29.2. The van der Waals surface area contributed by atoms with Crippen LogP contribution in [0.2, 0.25) is 5.02 Å². The third-order valence-electron chi connectivity index (χ3n) is 9.22. The normalized spacial score (nSPS) is 17.1.